The topological polar surface area (TPSA) is 32.3 Å². The number of benzene rings is 2. The molecule has 0 fully saturated rings. The smallest absolute Gasteiger partial charge is 0.120 e. The predicted octanol–water partition coefficient (Wildman–Crippen LogP) is 4.33. The number of phenolic OH excluding ortho intramolecular Hbond substituents is 1. The zero-order chi connectivity index (χ0) is 13.0. The van der Waals surface area contributed by atoms with Crippen molar-refractivity contribution in [1.82, 2.24) is 0 Å². The van der Waals surface area contributed by atoms with Crippen molar-refractivity contribution in [2.75, 3.05) is 5.32 Å². The van der Waals surface area contributed by atoms with Crippen molar-refractivity contribution in [1.29, 1.82) is 0 Å². The summed E-state index contributed by atoms with van der Waals surface area (Å²) < 4.78 is 1.09. The van der Waals surface area contributed by atoms with Crippen LogP contribution in [0.25, 0.3) is 0 Å². The average Bonchev–Trinajstić information content (AvgIpc) is 2.39. The summed E-state index contributed by atoms with van der Waals surface area (Å²) in [4.78, 5) is 0. The van der Waals surface area contributed by atoms with Gasteiger partial charge in [-0.05, 0) is 36.2 Å². The second kappa shape index (κ2) is 5.91. The largest absolute Gasteiger partial charge is 0.508 e. The lowest BCUT2D eigenvalue weighted by Crippen LogP contribution is -2.02. The van der Waals surface area contributed by atoms with Gasteiger partial charge in [-0.2, -0.15) is 0 Å². The molecule has 2 nitrogen and oxygen atoms in total. The Bertz CT molecular complexity index is 540. The van der Waals surface area contributed by atoms with E-state index >= 15 is 0 Å². The summed E-state index contributed by atoms with van der Waals surface area (Å²) in [5.41, 5.74) is 3.28. The first-order valence-electron chi connectivity index (χ1n) is 6.00. The van der Waals surface area contributed by atoms with Crippen LogP contribution >= 0.6 is 15.9 Å². The summed E-state index contributed by atoms with van der Waals surface area (Å²) in [7, 11) is 0. The van der Waals surface area contributed by atoms with E-state index in [0.29, 0.717) is 12.3 Å². The fourth-order valence-corrected chi connectivity index (χ4v) is 2.29. The SMILES string of the molecule is CCc1cc(Br)ccc1NCc1ccccc1O. The highest BCUT2D eigenvalue weighted by molar-refractivity contribution is 9.10. The number of anilines is 1. The van der Waals surface area contributed by atoms with Crippen molar-refractivity contribution in [2.45, 2.75) is 19.9 Å². The number of hydrogen-bond donors (Lipinski definition) is 2. The summed E-state index contributed by atoms with van der Waals surface area (Å²) in [6, 6.07) is 13.6. The lowest BCUT2D eigenvalue weighted by atomic mass is 10.1. The van der Waals surface area contributed by atoms with Crippen LogP contribution in [0, 0.1) is 0 Å². The van der Waals surface area contributed by atoms with Crippen LogP contribution in [0.4, 0.5) is 5.69 Å². The molecule has 0 atom stereocenters. The molecule has 0 bridgehead atoms. The Labute approximate surface area is 116 Å². The van der Waals surface area contributed by atoms with E-state index in [0.717, 1.165) is 22.1 Å². The lowest BCUT2D eigenvalue weighted by Gasteiger charge is -2.12. The Balaban J connectivity index is 2.13. The third-order valence-corrected chi connectivity index (χ3v) is 3.40. The van der Waals surface area contributed by atoms with E-state index in [2.05, 4.69) is 40.3 Å². The number of nitrogens with one attached hydrogen (secondary N) is 1. The van der Waals surface area contributed by atoms with Crippen LogP contribution in [-0.2, 0) is 13.0 Å². The molecule has 0 aliphatic heterocycles. The molecule has 0 aliphatic rings. The van der Waals surface area contributed by atoms with E-state index in [1.165, 1.54) is 5.56 Å². The number of aromatic hydroxyl groups is 1. The Hall–Kier alpha value is -1.48. The minimum Gasteiger partial charge on any atom is -0.508 e. The first-order chi connectivity index (χ1) is 8.70. The Kier molecular flexibility index (Phi) is 4.26. The molecule has 2 aromatic rings. The first-order valence-corrected chi connectivity index (χ1v) is 6.79. The number of hydrogen-bond acceptors (Lipinski definition) is 2. The molecule has 2 aromatic carbocycles. The highest BCUT2D eigenvalue weighted by atomic mass is 79.9. The summed E-state index contributed by atoms with van der Waals surface area (Å²) in [5, 5.41) is 13.1. The van der Waals surface area contributed by atoms with Gasteiger partial charge in [-0.25, -0.2) is 0 Å². The Morgan fingerprint density at radius 3 is 2.61 bits per heavy atom. The molecule has 0 saturated heterocycles. The van der Waals surface area contributed by atoms with E-state index in [4.69, 9.17) is 0 Å². The van der Waals surface area contributed by atoms with Gasteiger partial charge in [-0.3, -0.25) is 0 Å². The fraction of sp³-hybridized carbons (Fsp3) is 0.200. The molecule has 0 radical (unpaired) electrons. The maximum atomic E-state index is 9.71. The van der Waals surface area contributed by atoms with Crippen LogP contribution in [-0.4, -0.2) is 5.11 Å². The van der Waals surface area contributed by atoms with Crippen LogP contribution < -0.4 is 5.32 Å². The maximum absolute atomic E-state index is 9.71. The van der Waals surface area contributed by atoms with E-state index in [9.17, 15) is 5.11 Å². The molecule has 0 saturated carbocycles. The molecule has 0 unspecified atom stereocenters. The number of aryl methyl sites for hydroxylation is 1. The minimum absolute atomic E-state index is 0.333. The van der Waals surface area contributed by atoms with Gasteiger partial charge in [0, 0.05) is 22.3 Å². The Morgan fingerprint density at radius 1 is 1.11 bits per heavy atom. The van der Waals surface area contributed by atoms with E-state index in [1.54, 1.807) is 6.07 Å². The first kappa shape index (κ1) is 13.0. The predicted molar refractivity (Wildman–Crippen MR) is 79.0 cm³/mol. The molecule has 0 spiro atoms. The summed E-state index contributed by atoms with van der Waals surface area (Å²) in [5.74, 6) is 0.333. The second-order valence-electron chi connectivity index (χ2n) is 4.14. The zero-order valence-corrected chi connectivity index (χ0v) is 11.9. The van der Waals surface area contributed by atoms with Gasteiger partial charge < -0.3 is 10.4 Å². The van der Waals surface area contributed by atoms with E-state index in [-0.39, 0.29) is 0 Å². The van der Waals surface area contributed by atoms with Crippen molar-refractivity contribution < 1.29 is 5.11 Å². The molecular weight excluding hydrogens is 290 g/mol. The van der Waals surface area contributed by atoms with Crippen molar-refractivity contribution in [2.24, 2.45) is 0 Å². The number of halogens is 1. The van der Waals surface area contributed by atoms with Crippen LogP contribution in [0.15, 0.2) is 46.9 Å². The van der Waals surface area contributed by atoms with Gasteiger partial charge in [0.05, 0.1) is 0 Å². The minimum atomic E-state index is 0.333. The number of para-hydroxylation sites is 1. The third kappa shape index (κ3) is 3.05. The molecule has 0 amide bonds. The molecule has 0 heterocycles. The molecule has 2 rings (SSSR count). The van der Waals surface area contributed by atoms with Crippen LogP contribution in [0.1, 0.15) is 18.1 Å². The van der Waals surface area contributed by atoms with Crippen molar-refractivity contribution >= 4 is 21.6 Å². The van der Waals surface area contributed by atoms with Gasteiger partial charge in [0.25, 0.3) is 0 Å². The fourth-order valence-electron chi connectivity index (χ4n) is 1.88. The van der Waals surface area contributed by atoms with Gasteiger partial charge in [-0.15, -0.1) is 0 Å². The maximum Gasteiger partial charge on any atom is 0.120 e. The highest BCUT2D eigenvalue weighted by Crippen LogP contribution is 2.23. The summed E-state index contributed by atoms with van der Waals surface area (Å²) in [6.45, 7) is 2.76. The molecule has 0 aliphatic carbocycles. The number of rotatable bonds is 4. The van der Waals surface area contributed by atoms with Gasteiger partial charge in [0.2, 0.25) is 0 Å². The molecule has 94 valence electrons. The van der Waals surface area contributed by atoms with Crippen molar-refractivity contribution in [3.8, 4) is 5.75 Å². The van der Waals surface area contributed by atoms with E-state index < -0.39 is 0 Å². The van der Waals surface area contributed by atoms with Crippen molar-refractivity contribution in [3.63, 3.8) is 0 Å². The molecule has 0 aromatic heterocycles. The highest BCUT2D eigenvalue weighted by Gasteiger charge is 2.03. The van der Waals surface area contributed by atoms with Crippen LogP contribution in [0.3, 0.4) is 0 Å². The standard InChI is InChI=1S/C15H16BrNO/c1-2-11-9-13(16)7-8-14(11)17-10-12-5-3-4-6-15(12)18/h3-9,17-18H,2,10H2,1H3. The summed E-state index contributed by atoms with van der Waals surface area (Å²) in [6.07, 6.45) is 0.975. The molecule has 2 N–H and O–H groups in total. The zero-order valence-electron chi connectivity index (χ0n) is 10.3. The number of phenols is 1. The monoisotopic (exact) mass is 305 g/mol. The third-order valence-electron chi connectivity index (χ3n) is 2.91. The van der Waals surface area contributed by atoms with Crippen LogP contribution in [0.5, 0.6) is 5.75 Å². The molecule has 3 heteroatoms. The van der Waals surface area contributed by atoms with Crippen molar-refractivity contribution in [3.05, 3.63) is 58.1 Å². The normalized spacial score (nSPS) is 10.3. The lowest BCUT2D eigenvalue weighted by molar-refractivity contribution is 0.469. The van der Waals surface area contributed by atoms with Gasteiger partial charge in [-0.1, -0.05) is 41.1 Å². The second-order valence-corrected chi connectivity index (χ2v) is 5.05. The van der Waals surface area contributed by atoms with Crippen LogP contribution in [0.2, 0.25) is 0 Å². The average molecular weight is 306 g/mol. The van der Waals surface area contributed by atoms with Gasteiger partial charge in [0.1, 0.15) is 5.75 Å². The molecule has 18 heavy (non-hydrogen) atoms. The van der Waals surface area contributed by atoms with Gasteiger partial charge in [0.15, 0.2) is 0 Å². The quantitative estimate of drug-likeness (QED) is 0.881. The Morgan fingerprint density at radius 2 is 1.89 bits per heavy atom. The molecular formula is C15H16BrNO. The van der Waals surface area contributed by atoms with E-state index in [1.807, 2.05) is 24.3 Å². The summed E-state index contributed by atoms with van der Waals surface area (Å²) >= 11 is 3.48. The van der Waals surface area contributed by atoms with Gasteiger partial charge >= 0.3 is 0 Å².